The molecule has 0 aliphatic carbocycles. The van der Waals surface area contributed by atoms with Crippen molar-refractivity contribution in [1.82, 2.24) is 4.31 Å². The number of halogens is 1. The normalized spacial score (nSPS) is 11.5. The summed E-state index contributed by atoms with van der Waals surface area (Å²) in [5.74, 6) is -0.575. The molecule has 0 unspecified atom stereocenters. The van der Waals surface area contributed by atoms with Gasteiger partial charge in [0.1, 0.15) is 5.75 Å². The van der Waals surface area contributed by atoms with Gasteiger partial charge in [-0.2, -0.15) is 0 Å². The molecule has 0 aromatic heterocycles. The fourth-order valence-electron chi connectivity index (χ4n) is 1.83. The summed E-state index contributed by atoms with van der Waals surface area (Å²) >= 11 is 6.00. The first-order valence-electron chi connectivity index (χ1n) is 6.54. The number of nitrogens with one attached hydrogen (secondary N) is 1. The topological polar surface area (TPSA) is 86.7 Å². The number of nitrogens with zero attached hydrogens (tertiary/aromatic N) is 1. The van der Waals surface area contributed by atoms with Crippen LogP contribution in [-0.2, 0) is 10.0 Å². The molecule has 0 bridgehead atoms. The highest BCUT2D eigenvalue weighted by atomic mass is 35.5. The fourth-order valence-corrected chi connectivity index (χ4v) is 2.96. The van der Waals surface area contributed by atoms with Crippen LogP contribution in [0, 0.1) is 0 Å². The van der Waals surface area contributed by atoms with Crippen LogP contribution in [0.25, 0.3) is 0 Å². The second-order valence-corrected chi connectivity index (χ2v) is 7.49. The van der Waals surface area contributed by atoms with Gasteiger partial charge in [-0.05, 0) is 30.3 Å². The van der Waals surface area contributed by atoms with Crippen molar-refractivity contribution < 1.29 is 18.3 Å². The second-order valence-electron chi connectivity index (χ2n) is 4.93. The Morgan fingerprint density at radius 2 is 1.87 bits per heavy atom. The van der Waals surface area contributed by atoms with E-state index in [1.807, 2.05) is 0 Å². The number of rotatable bonds is 4. The van der Waals surface area contributed by atoms with Crippen molar-refractivity contribution in [2.24, 2.45) is 0 Å². The van der Waals surface area contributed by atoms with E-state index in [4.69, 9.17) is 11.6 Å². The van der Waals surface area contributed by atoms with E-state index in [-0.39, 0.29) is 21.2 Å². The smallest absolute Gasteiger partial charge is 0.257 e. The van der Waals surface area contributed by atoms with Gasteiger partial charge in [-0.3, -0.25) is 4.79 Å². The number of amides is 1. The molecule has 6 nitrogen and oxygen atoms in total. The molecular formula is C15H15ClN2O4S. The Labute approximate surface area is 139 Å². The highest BCUT2D eigenvalue weighted by Crippen LogP contribution is 2.24. The van der Waals surface area contributed by atoms with Crippen LogP contribution in [-0.4, -0.2) is 37.8 Å². The highest BCUT2D eigenvalue weighted by Gasteiger charge is 2.20. The lowest BCUT2D eigenvalue weighted by Crippen LogP contribution is -2.23. The van der Waals surface area contributed by atoms with E-state index in [0.717, 1.165) is 4.31 Å². The van der Waals surface area contributed by atoms with E-state index in [9.17, 15) is 18.3 Å². The molecule has 0 radical (unpaired) electrons. The Morgan fingerprint density at radius 3 is 2.48 bits per heavy atom. The van der Waals surface area contributed by atoms with Crippen LogP contribution in [0.5, 0.6) is 5.75 Å². The maximum atomic E-state index is 12.3. The minimum atomic E-state index is -3.67. The first kappa shape index (κ1) is 17.3. The third-order valence-electron chi connectivity index (χ3n) is 3.07. The molecule has 0 atom stereocenters. The summed E-state index contributed by atoms with van der Waals surface area (Å²) in [4.78, 5) is 12.3. The molecule has 23 heavy (non-hydrogen) atoms. The number of hydrogen-bond acceptors (Lipinski definition) is 4. The Balaban J connectivity index is 2.37. The Bertz CT molecular complexity index is 850. The molecule has 0 spiro atoms. The van der Waals surface area contributed by atoms with E-state index in [2.05, 4.69) is 5.32 Å². The molecule has 2 N–H and O–H groups in total. The molecule has 2 rings (SSSR count). The quantitative estimate of drug-likeness (QED) is 0.883. The van der Waals surface area contributed by atoms with Gasteiger partial charge in [-0.15, -0.1) is 0 Å². The average molecular weight is 355 g/mol. The summed E-state index contributed by atoms with van der Waals surface area (Å²) in [6.45, 7) is 0. The Kier molecular flexibility index (Phi) is 4.93. The zero-order chi connectivity index (χ0) is 17.2. The van der Waals surface area contributed by atoms with Gasteiger partial charge in [-0.25, -0.2) is 12.7 Å². The van der Waals surface area contributed by atoms with Crippen LogP contribution in [0.2, 0.25) is 5.02 Å². The summed E-state index contributed by atoms with van der Waals surface area (Å²) in [7, 11) is -0.876. The van der Waals surface area contributed by atoms with Gasteiger partial charge < -0.3 is 10.4 Å². The summed E-state index contributed by atoms with van der Waals surface area (Å²) in [5.41, 5.74) is 0.393. The molecule has 8 heteroatoms. The number of carbonyl (C=O) groups is 1. The molecule has 2 aromatic carbocycles. The van der Waals surface area contributed by atoms with Gasteiger partial charge >= 0.3 is 0 Å². The number of phenols is 1. The van der Waals surface area contributed by atoms with Crippen LogP contribution in [0.4, 0.5) is 5.69 Å². The molecule has 0 aliphatic heterocycles. The van der Waals surface area contributed by atoms with Gasteiger partial charge in [0.05, 0.1) is 15.5 Å². The minimum absolute atomic E-state index is 0.00201. The monoisotopic (exact) mass is 354 g/mol. The highest BCUT2D eigenvalue weighted by molar-refractivity contribution is 7.89. The predicted octanol–water partition coefficient (Wildman–Crippen LogP) is 2.55. The molecule has 1 amide bonds. The molecule has 0 aliphatic rings. The lowest BCUT2D eigenvalue weighted by molar-refractivity contribution is 0.102. The number of aromatic hydroxyl groups is 1. The van der Waals surface area contributed by atoms with Crippen LogP contribution in [0.1, 0.15) is 10.4 Å². The van der Waals surface area contributed by atoms with Crippen LogP contribution >= 0.6 is 11.6 Å². The molecule has 122 valence electrons. The van der Waals surface area contributed by atoms with Crippen LogP contribution in [0.3, 0.4) is 0 Å². The van der Waals surface area contributed by atoms with E-state index >= 15 is 0 Å². The van der Waals surface area contributed by atoms with E-state index in [0.29, 0.717) is 5.69 Å². The number of phenolic OH excluding ortho intramolecular Hbond substituents is 1. The van der Waals surface area contributed by atoms with Crippen molar-refractivity contribution in [2.45, 2.75) is 4.90 Å². The van der Waals surface area contributed by atoms with Gasteiger partial charge in [0.15, 0.2) is 0 Å². The number of sulfonamides is 1. The first-order valence-corrected chi connectivity index (χ1v) is 8.36. The third-order valence-corrected chi connectivity index (χ3v) is 5.21. The maximum absolute atomic E-state index is 12.3. The zero-order valence-corrected chi connectivity index (χ0v) is 14.0. The summed E-state index contributed by atoms with van der Waals surface area (Å²) in [5, 5.41) is 12.1. The first-order chi connectivity index (χ1) is 10.7. The fraction of sp³-hybridized carbons (Fsp3) is 0.133. The lowest BCUT2D eigenvalue weighted by Gasteiger charge is -2.13. The zero-order valence-electron chi connectivity index (χ0n) is 12.4. The average Bonchev–Trinajstić information content (AvgIpc) is 2.47. The van der Waals surface area contributed by atoms with Crippen molar-refractivity contribution in [3.05, 3.63) is 53.1 Å². The molecule has 2 aromatic rings. The van der Waals surface area contributed by atoms with E-state index in [1.54, 1.807) is 12.1 Å². The summed E-state index contributed by atoms with van der Waals surface area (Å²) in [6, 6.07) is 9.90. The van der Waals surface area contributed by atoms with Crippen molar-refractivity contribution in [3.8, 4) is 5.75 Å². The number of anilines is 1. The number of benzene rings is 2. The number of carbonyl (C=O) groups excluding carboxylic acids is 1. The van der Waals surface area contributed by atoms with Gasteiger partial charge in [0.2, 0.25) is 10.0 Å². The Morgan fingerprint density at radius 1 is 1.17 bits per heavy atom. The molecule has 0 saturated carbocycles. The summed E-state index contributed by atoms with van der Waals surface area (Å²) < 4.78 is 25.3. The van der Waals surface area contributed by atoms with Crippen molar-refractivity contribution in [2.75, 3.05) is 19.4 Å². The Hall–Kier alpha value is -2.09. The van der Waals surface area contributed by atoms with Crippen LogP contribution < -0.4 is 5.32 Å². The molecular weight excluding hydrogens is 340 g/mol. The second kappa shape index (κ2) is 6.57. The van der Waals surface area contributed by atoms with Crippen molar-refractivity contribution in [3.63, 3.8) is 0 Å². The molecule has 0 fully saturated rings. The van der Waals surface area contributed by atoms with Crippen molar-refractivity contribution in [1.29, 1.82) is 0 Å². The standard InChI is InChI=1S/C15H15ClN2O4S/c1-18(2)23(21,22)12-6-7-14(16)13(9-12)15(20)17-10-4-3-5-11(19)8-10/h3-9,19H,1-2H3,(H,17,20). The van der Waals surface area contributed by atoms with Crippen molar-refractivity contribution >= 4 is 33.2 Å². The summed E-state index contributed by atoms with van der Waals surface area (Å²) in [6.07, 6.45) is 0. The number of hydrogen-bond donors (Lipinski definition) is 2. The minimum Gasteiger partial charge on any atom is -0.508 e. The van der Waals surface area contributed by atoms with E-state index in [1.165, 1.54) is 44.4 Å². The van der Waals surface area contributed by atoms with E-state index < -0.39 is 15.9 Å². The van der Waals surface area contributed by atoms with Gasteiger partial charge in [0, 0.05) is 25.8 Å². The largest absolute Gasteiger partial charge is 0.508 e. The molecule has 0 heterocycles. The SMILES string of the molecule is CN(C)S(=O)(=O)c1ccc(Cl)c(C(=O)Nc2cccc(O)c2)c1. The lowest BCUT2D eigenvalue weighted by atomic mass is 10.2. The molecule has 0 saturated heterocycles. The maximum Gasteiger partial charge on any atom is 0.257 e. The van der Waals surface area contributed by atoms with Gasteiger partial charge in [0.25, 0.3) is 5.91 Å². The predicted molar refractivity (Wildman–Crippen MR) is 88.4 cm³/mol. The van der Waals surface area contributed by atoms with Crippen LogP contribution in [0.15, 0.2) is 47.4 Å². The van der Waals surface area contributed by atoms with Gasteiger partial charge in [-0.1, -0.05) is 17.7 Å². The third kappa shape index (κ3) is 3.82.